The number of hydrogen-bond acceptors (Lipinski definition) is 5. The van der Waals surface area contributed by atoms with E-state index in [2.05, 4.69) is 5.32 Å². The largest absolute Gasteiger partial charge is 0.486 e. The average Bonchev–Trinajstić information content (AvgIpc) is 2.71. The molecule has 0 bridgehead atoms. The molecule has 1 heterocycles. The molecule has 0 unspecified atom stereocenters. The van der Waals surface area contributed by atoms with E-state index in [-0.39, 0.29) is 24.5 Å². The van der Waals surface area contributed by atoms with Crippen molar-refractivity contribution in [2.24, 2.45) is 5.92 Å². The average molecular weight is 397 g/mol. The normalized spacial score (nSPS) is 13.7. The van der Waals surface area contributed by atoms with E-state index in [0.29, 0.717) is 30.3 Å². The molecule has 0 aromatic heterocycles. The van der Waals surface area contributed by atoms with Crippen LogP contribution in [0.15, 0.2) is 36.4 Å². The fourth-order valence-corrected chi connectivity index (χ4v) is 3.27. The highest BCUT2D eigenvalue weighted by atomic mass is 16.6. The number of carbonyl (C=O) groups is 2. The molecule has 0 saturated carbocycles. The predicted molar refractivity (Wildman–Crippen MR) is 109 cm³/mol. The van der Waals surface area contributed by atoms with Gasteiger partial charge in [-0.2, -0.15) is 0 Å². The van der Waals surface area contributed by atoms with E-state index in [0.717, 1.165) is 16.7 Å². The molecule has 2 aromatic rings. The lowest BCUT2D eigenvalue weighted by Gasteiger charge is -2.25. The molecule has 6 nitrogen and oxygen atoms in total. The molecule has 1 amide bonds. The highest BCUT2D eigenvalue weighted by Gasteiger charge is 2.22. The van der Waals surface area contributed by atoms with Gasteiger partial charge in [0.2, 0.25) is 0 Å². The summed E-state index contributed by atoms with van der Waals surface area (Å²) < 4.78 is 16.4. The van der Waals surface area contributed by atoms with Crippen LogP contribution >= 0.6 is 0 Å². The lowest BCUT2D eigenvalue weighted by molar-refractivity contribution is -0.125. The summed E-state index contributed by atoms with van der Waals surface area (Å²) in [7, 11) is 0. The van der Waals surface area contributed by atoms with Crippen molar-refractivity contribution in [3.8, 4) is 11.5 Å². The van der Waals surface area contributed by atoms with Crippen LogP contribution in [0.1, 0.15) is 46.9 Å². The first-order valence-electron chi connectivity index (χ1n) is 9.78. The molecule has 154 valence electrons. The quantitative estimate of drug-likeness (QED) is 0.752. The van der Waals surface area contributed by atoms with Gasteiger partial charge < -0.3 is 19.5 Å². The van der Waals surface area contributed by atoms with Crippen molar-refractivity contribution >= 4 is 11.9 Å². The Morgan fingerprint density at radius 1 is 1.03 bits per heavy atom. The lowest BCUT2D eigenvalue weighted by Crippen LogP contribution is -2.35. The van der Waals surface area contributed by atoms with Crippen molar-refractivity contribution in [3.63, 3.8) is 0 Å². The van der Waals surface area contributed by atoms with E-state index < -0.39 is 5.97 Å². The summed E-state index contributed by atoms with van der Waals surface area (Å²) >= 11 is 0. The number of nitrogens with one attached hydrogen (secondary N) is 1. The molecule has 0 saturated heterocycles. The van der Waals surface area contributed by atoms with Gasteiger partial charge in [0.05, 0.1) is 11.6 Å². The van der Waals surface area contributed by atoms with E-state index in [4.69, 9.17) is 14.2 Å². The number of aryl methyl sites for hydroxylation is 2. The Kier molecular flexibility index (Phi) is 6.42. The zero-order valence-corrected chi connectivity index (χ0v) is 17.3. The second-order valence-corrected chi connectivity index (χ2v) is 7.59. The van der Waals surface area contributed by atoms with Crippen LogP contribution in [-0.2, 0) is 9.53 Å². The molecule has 6 heteroatoms. The minimum Gasteiger partial charge on any atom is -0.486 e. The Morgan fingerprint density at radius 2 is 1.76 bits per heavy atom. The number of esters is 1. The first kappa shape index (κ1) is 20.7. The van der Waals surface area contributed by atoms with Crippen LogP contribution in [-0.4, -0.2) is 31.7 Å². The van der Waals surface area contributed by atoms with Crippen molar-refractivity contribution in [3.05, 3.63) is 58.7 Å². The van der Waals surface area contributed by atoms with Gasteiger partial charge in [-0.1, -0.05) is 37.6 Å². The molecule has 1 aliphatic rings. The summed E-state index contributed by atoms with van der Waals surface area (Å²) in [6.07, 6.45) is 0. The van der Waals surface area contributed by atoms with Crippen LogP contribution in [0.4, 0.5) is 0 Å². The zero-order chi connectivity index (χ0) is 21.0. The Hall–Kier alpha value is -3.02. The molecule has 1 atom stereocenters. The van der Waals surface area contributed by atoms with Crippen LogP contribution in [0.3, 0.4) is 0 Å². The standard InChI is InChI=1S/C23H27NO5/c1-14(2)22(17-7-8-19-20(12-17)28-10-9-27-19)24-21(25)13-29-23(26)18-11-15(3)5-6-16(18)4/h5-8,11-12,14,22H,9-10,13H2,1-4H3,(H,24,25)/t22-/m1/s1. The summed E-state index contributed by atoms with van der Waals surface area (Å²) in [5, 5.41) is 2.96. The zero-order valence-electron chi connectivity index (χ0n) is 17.3. The number of hydrogen-bond donors (Lipinski definition) is 1. The summed E-state index contributed by atoms with van der Waals surface area (Å²) in [5.74, 6) is 0.668. The van der Waals surface area contributed by atoms with Gasteiger partial charge >= 0.3 is 5.97 Å². The maximum Gasteiger partial charge on any atom is 0.338 e. The maximum atomic E-state index is 12.5. The SMILES string of the molecule is Cc1ccc(C)c(C(=O)OCC(=O)N[C@@H](c2ccc3c(c2)OCCO3)C(C)C)c1. The minimum absolute atomic E-state index is 0.135. The molecule has 0 radical (unpaired) electrons. The topological polar surface area (TPSA) is 73.9 Å². The molecule has 1 N–H and O–H groups in total. The van der Waals surface area contributed by atoms with Gasteiger partial charge in [0.1, 0.15) is 13.2 Å². The molecular formula is C23H27NO5. The van der Waals surface area contributed by atoms with Crippen LogP contribution in [0.5, 0.6) is 11.5 Å². The maximum absolute atomic E-state index is 12.5. The van der Waals surface area contributed by atoms with Gasteiger partial charge in [-0.25, -0.2) is 4.79 Å². The van der Waals surface area contributed by atoms with Crippen molar-refractivity contribution < 1.29 is 23.8 Å². The van der Waals surface area contributed by atoms with E-state index in [1.165, 1.54) is 0 Å². The number of carbonyl (C=O) groups excluding carboxylic acids is 2. The number of amides is 1. The van der Waals surface area contributed by atoms with Gasteiger partial charge in [0, 0.05) is 0 Å². The van der Waals surface area contributed by atoms with Gasteiger partial charge in [0.15, 0.2) is 18.1 Å². The third-order valence-corrected chi connectivity index (χ3v) is 4.86. The fraction of sp³-hybridized carbons (Fsp3) is 0.391. The molecule has 0 aliphatic carbocycles. The van der Waals surface area contributed by atoms with Crippen molar-refractivity contribution in [2.45, 2.75) is 33.7 Å². The summed E-state index contributed by atoms with van der Waals surface area (Å²) in [5.41, 5.74) is 3.17. The van der Waals surface area contributed by atoms with Crippen LogP contribution in [0.2, 0.25) is 0 Å². The number of ether oxygens (including phenoxy) is 3. The predicted octanol–water partition coefficient (Wildman–Crippen LogP) is 3.74. The van der Waals surface area contributed by atoms with Crippen molar-refractivity contribution in [1.29, 1.82) is 0 Å². The molecule has 29 heavy (non-hydrogen) atoms. The van der Waals surface area contributed by atoms with E-state index in [1.54, 1.807) is 6.07 Å². The fourth-order valence-electron chi connectivity index (χ4n) is 3.27. The summed E-state index contributed by atoms with van der Waals surface area (Å²) in [6, 6.07) is 11.0. The Morgan fingerprint density at radius 3 is 2.48 bits per heavy atom. The number of rotatable bonds is 6. The Labute approximate surface area is 171 Å². The lowest BCUT2D eigenvalue weighted by atomic mass is 9.95. The van der Waals surface area contributed by atoms with Crippen LogP contribution in [0, 0.1) is 19.8 Å². The van der Waals surface area contributed by atoms with Crippen LogP contribution < -0.4 is 14.8 Å². The molecule has 3 rings (SSSR count). The third-order valence-electron chi connectivity index (χ3n) is 4.86. The Bertz CT molecular complexity index is 906. The molecule has 1 aliphatic heterocycles. The van der Waals surface area contributed by atoms with Gasteiger partial charge in [-0.05, 0) is 49.1 Å². The second-order valence-electron chi connectivity index (χ2n) is 7.59. The van der Waals surface area contributed by atoms with Crippen molar-refractivity contribution in [2.75, 3.05) is 19.8 Å². The van der Waals surface area contributed by atoms with Crippen LogP contribution in [0.25, 0.3) is 0 Å². The first-order chi connectivity index (χ1) is 13.8. The molecule has 2 aromatic carbocycles. The van der Waals surface area contributed by atoms with Gasteiger partial charge in [-0.3, -0.25) is 4.79 Å². The van der Waals surface area contributed by atoms with E-state index in [9.17, 15) is 9.59 Å². The smallest absolute Gasteiger partial charge is 0.338 e. The highest BCUT2D eigenvalue weighted by Crippen LogP contribution is 2.34. The first-order valence-corrected chi connectivity index (χ1v) is 9.78. The summed E-state index contributed by atoms with van der Waals surface area (Å²) in [6.45, 7) is 8.48. The minimum atomic E-state index is -0.498. The number of fused-ring (bicyclic) bond motifs is 1. The number of benzene rings is 2. The van der Waals surface area contributed by atoms with Gasteiger partial charge in [-0.15, -0.1) is 0 Å². The molecule has 0 spiro atoms. The monoisotopic (exact) mass is 397 g/mol. The highest BCUT2D eigenvalue weighted by molar-refractivity contribution is 5.92. The van der Waals surface area contributed by atoms with Crippen molar-refractivity contribution in [1.82, 2.24) is 5.32 Å². The third kappa shape index (κ3) is 5.08. The molecule has 0 fully saturated rings. The van der Waals surface area contributed by atoms with E-state index in [1.807, 2.05) is 58.0 Å². The molecular weight excluding hydrogens is 370 g/mol. The van der Waals surface area contributed by atoms with Gasteiger partial charge in [0.25, 0.3) is 5.91 Å². The second kappa shape index (κ2) is 8.99. The van der Waals surface area contributed by atoms with E-state index >= 15 is 0 Å². The summed E-state index contributed by atoms with van der Waals surface area (Å²) in [4.78, 5) is 24.8. The Balaban J connectivity index is 1.64.